The summed E-state index contributed by atoms with van der Waals surface area (Å²) in [7, 11) is 0. The number of nitrogens with zero attached hydrogens (tertiary/aromatic N) is 1. The summed E-state index contributed by atoms with van der Waals surface area (Å²) in [6.45, 7) is 0.235. The molecule has 0 unspecified atom stereocenters. The molecule has 0 spiro atoms. The zero-order valence-electron chi connectivity index (χ0n) is 28.8. The highest BCUT2D eigenvalue weighted by molar-refractivity contribution is 7.20. The summed E-state index contributed by atoms with van der Waals surface area (Å²) in [5.41, 5.74) is -14.0. The van der Waals surface area contributed by atoms with Crippen molar-refractivity contribution in [2.24, 2.45) is 0 Å². The fourth-order valence-electron chi connectivity index (χ4n) is 6.37. The van der Waals surface area contributed by atoms with Crippen LogP contribution in [-0.2, 0) is 6.54 Å². The number of benzene rings is 5. The summed E-state index contributed by atoms with van der Waals surface area (Å²) < 4.78 is 296. The van der Waals surface area contributed by atoms with Crippen LogP contribution in [0.15, 0.2) is 54.9 Å². The van der Waals surface area contributed by atoms with E-state index in [1.807, 2.05) is 30.6 Å². The summed E-state index contributed by atoms with van der Waals surface area (Å²) in [5, 5.41) is 9.53. The van der Waals surface area contributed by atoms with Crippen LogP contribution < -0.4 is 26.4 Å². The zero-order chi connectivity index (χ0) is 45.7. The standard InChI is InChI=1S/C24BF20.C13H11NO2/c26-5-1(6(27)14(35)21(42)13(5)34)25(2-7(28)15(36)22(43)16(37)8(2)29,3-9(30)17(38)23(44)18(39)10(3)31)4-11(32)19(40)24(45)20(41)12(4)33;15-12-7-3-2-6-11(12)13(16)10-14-8-4-1-5-9-14/h;1-9H,10H2/q-1;/p+1. The largest absolute Gasteiger partial charge is 0.507 e. The minimum Gasteiger partial charge on any atom is -0.507 e. The lowest BCUT2D eigenvalue weighted by Crippen LogP contribution is -2.81. The third-order valence-electron chi connectivity index (χ3n) is 9.02. The number of para-hydroxylation sites is 1. The van der Waals surface area contributed by atoms with Crippen LogP contribution in [0.5, 0.6) is 5.75 Å². The number of ketones is 1. The maximum Gasteiger partial charge on any atom is 0.231 e. The first-order valence-electron chi connectivity index (χ1n) is 16.0. The van der Waals surface area contributed by atoms with Gasteiger partial charge in [-0.15, -0.1) is 21.9 Å². The van der Waals surface area contributed by atoms with Crippen LogP contribution in [-0.4, -0.2) is 17.0 Å². The van der Waals surface area contributed by atoms with Crippen molar-refractivity contribution in [1.82, 2.24) is 0 Å². The van der Waals surface area contributed by atoms with Crippen LogP contribution in [0.25, 0.3) is 0 Å². The fourth-order valence-corrected chi connectivity index (χ4v) is 6.37. The first-order valence-corrected chi connectivity index (χ1v) is 16.0. The van der Waals surface area contributed by atoms with E-state index in [1.54, 1.807) is 22.8 Å². The van der Waals surface area contributed by atoms with E-state index < -0.39 is 144 Å². The highest BCUT2D eigenvalue weighted by atomic mass is 19.2. The number of carbonyl (C=O) groups is 1. The number of aromatic nitrogens is 1. The van der Waals surface area contributed by atoms with Gasteiger partial charge >= 0.3 is 0 Å². The first kappa shape index (κ1) is 45.5. The Balaban J connectivity index is 0.000000366. The predicted octanol–water partition coefficient (Wildman–Crippen LogP) is 7.41. The van der Waals surface area contributed by atoms with Crippen LogP contribution in [0.1, 0.15) is 10.4 Å². The van der Waals surface area contributed by atoms with Gasteiger partial charge in [-0.25, -0.2) is 87.8 Å². The Hall–Kier alpha value is -6.62. The van der Waals surface area contributed by atoms with E-state index in [4.69, 9.17) is 0 Å². The van der Waals surface area contributed by atoms with Crippen molar-refractivity contribution in [3.05, 3.63) is 177 Å². The minimum absolute atomic E-state index is 0.0315. The average molecular weight is 893 g/mol. The molecule has 0 fully saturated rings. The Morgan fingerprint density at radius 2 is 0.623 bits per heavy atom. The van der Waals surface area contributed by atoms with Gasteiger partial charge < -0.3 is 5.11 Å². The number of hydrogen-bond donors (Lipinski definition) is 1. The van der Waals surface area contributed by atoms with E-state index >= 15 is 35.1 Å². The molecule has 3 nitrogen and oxygen atoms in total. The van der Waals surface area contributed by atoms with Gasteiger partial charge in [0, 0.05) is 12.1 Å². The molecule has 1 N–H and O–H groups in total. The second kappa shape index (κ2) is 16.8. The van der Waals surface area contributed by atoms with Gasteiger partial charge in [-0.05, 0) is 12.1 Å². The van der Waals surface area contributed by atoms with Gasteiger partial charge in [-0.1, -0.05) is 18.2 Å². The monoisotopic (exact) mass is 893 g/mol. The van der Waals surface area contributed by atoms with Gasteiger partial charge in [0.1, 0.15) is 58.4 Å². The molecule has 1 aromatic heterocycles. The number of phenolic OH excluding ortho intramolecular Hbond substituents is 1. The number of pyridine rings is 1. The quantitative estimate of drug-likeness (QED) is 0.0454. The van der Waals surface area contributed by atoms with Gasteiger partial charge in [0.15, 0.2) is 82.2 Å². The molecule has 1 heterocycles. The average Bonchev–Trinajstić information content (AvgIpc) is 3.24. The third-order valence-corrected chi connectivity index (χ3v) is 9.02. The number of rotatable bonds is 7. The fraction of sp³-hybridized carbons (Fsp3) is 0.0270. The molecule has 5 aromatic carbocycles. The summed E-state index contributed by atoms with van der Waals surface area (Å²) in [5.74, 6) is -71.5. The molecule has 6 aromatic rings. The Morgan fingerprint density at radius 1 is 0.377 bits per heavy atom. The van der Waals surface area contributed by atoms with Crippen LogP contribution in [0.3, 0.4) is 0 Å². The van der Waals surface area contributed by atoms with E-state index in [1.165, 1.54) is 6.07 Å². The Morgan fingerprint density at radius 3 is 0.885 bits per heavy atom. The second-order valence-electron chi connectivity index (χ2n) is 12.3. The van der Waals surface area contributed by atoms with Gasteiger partial charge in [-0.2, -0.15) is 4.57 Å². The van der Waals surface area contributed by atoms with E-state index in [0.717, 1.165) is 0 Å². The molecule has 6 rings (SSSR count). The number of hydrogen-bond acceptors (Lipinski definition) is 2. The predicted molar refractivity (Wildman–Crippen MR) is 168 cm³/mol. The molecule has 0 bridgehead atoms. The molecule has 0 saturated heterocycles. The first-order chi connectivity index (χ1) is 28.5. The molecule has 0 amide bonds. The highest BCUT2D eigenvalue weighted by Crippen LogP contribution is 2.31. The highest BCUT2D eigenvalue weighted by Gasteiger charge is 2.52. The molecule has 0 saturated carbocycles. The van der Waals surface area contributed by atoms with Crippen molar-refractivity contribution in [3.8, 4) is 5.75 Å². The molecule has 0 atom stereocenters. The van der Waals surface area contributed by atoms with Crippen LogP contribution in [0.2, 0.25) is 0 Å². The van der Waals surface area contributed by atoms with Gasteiger partial charge in [0.05, 0.1) is 5.56 Å². The maximum atomic E-state index is 15.4. The Kier molecular flexibility index (Phi) is 12.5. The molecular weight excluding hydrogens is 881 g/mol. The van der Waals surface area contributed by atoms with Crippen molar-refractivity contribution < 1.29 is 102 Å². The van der Waals surface area contributed by atoms with Gasteiger partial charge in [-0.3, -0.25) is 4.79 Å². The van der Waals surface area contributed by atoms with Crippen molar-refractivity contribution >= 4 is 33.8 Å². The lowest BCUT2D eigenvalue weighted by molar-refractivity contribution is -0.683. The molecule has 0 radical (unpaired) electrons. The molecule has 0 aliphatic carbocycles. The molecule has 24 heteroatoms. The van der Waals surface area contributed by atoms with E-state index in [-0.39, 0.29) is 18.1 Å². The van der Waals surface area contributed by atoms with Crippen LogP contribution in [0, 0.1) is 116 Å². The topological polar surface area (TPSA) is 41.2 Å². The van der Waals surface area contributed by atoms with Crippen LogP contribution in [0.4, 0.5) is 87.8 Å². The van der Waals surface area contributed by atoms with E-state index in [2.05, 4.69) is 0 Å². The third kappa shape index (κ3) is 7.15. The molecule has 0 aliphatic heterocycles. The van der Waals surface area contributed by atoms with Crippen molar-refractivity contribution in [3.63, 3.8) is 0 Å². The molecule has 0 aliphatic rings. The number of halogens is 20. The van der Waals surface area contributed by atoms with Crippen molar-refractivity contribution in [2.45, 2.75) is 6.54 Å². The molecular formula is C37H12BF20NO2. The summed E-state index contributed by atoms with van der Waals surface area (Å²) in [4.78, 5) is 11.9. The van der Waals surface area contributed by atoms with Gasteiger partial charge in [0.25, 0.3) is 0 Å². The normalized spacial score (nSPS) is 11.5. The molecule has 320 valence electrons. The minimum atomic E-state index is -7.22. The maximum absolute atomic E-state index is 15.4. The second-order valence-corrected chi connectivity index (χ2v) is 12.3. The number of carbonyl (C=O) groups excluding carboxylic acids is 1. The lowest BCUT2D eigenvalue weighted by atomic mass is 9.12. The van der Waals surface area contributed by atoms with E-state index in [9.17, 15) is 62.6 Å². The number of phenols is 1. The molecule has 61 heavy (non-hydrogen) atoms. The van der Waals surface area contributed by atoms with Crippen molar-refractivity contribution in [1.29, 1.82) is 0 Å². The SMILES string of the molecule is Fc1c(F)c(F)c([B-](c2c(F)c(F)c(F)c(F)c2F)(c2c(F)c(F)c(F)c(F)c2F)c2c(F)c(F)c(F)c(F)c2F)c(F)c1F.O=C(C[n+]1ccccc1)c1ccccc1O. The number of aromatic hydroxyl groups is 1. The van der Waals surface area contributed by atoms with Crippen molar-refractivity contribution in [2.75, 3.05) is 0 Å². The summed E-state index contributed by atoms with van der Waals surface area (Å²) in [6, 6.07) is 12.2. The Labute approximate surface area is 325 Å². The Bertz CT molecular complexity index is 2390. The summed E-state index contributed by atoms with van der Waals surface area (Å²) >= 11 is 0. The lowest BCUT2D eigenvalue weighted by Gasteiger charge is -2.44. The van der Waals surface area contributed by atoms with Gasteiger partial charge in [0.2, 0.25) is 12.3 Å². The smallest absolute Gasteiger partial charge is 0.231 e. The summed E-state index contributed by atoms with van der Waals surface area (Å²) in [6.07, 6.45) is -3.58. The van der Waals surface area contributed by atoms with E-state index in [0.29, 0.717) is 5.56 Å². The zero-order valence-corrected chi connectivity index (χ0v) is 28.8. The van der Waals surface area contributed by atoms with Crippen LogP contribution >= 0.6 is 0 Å². The number of Topliss-reactive ketones (excluding diaryl/α,β-unsaturated/α-hetero) is 1.